The SMILES string of the molecule is O=C(CS(=O)(=O)C1CCCCNC1)NC1CC1. The van der Waals surface area contributed by atoms with Gasteiger partial charge in [0.25, 0.3) is 0 Å². The van der Waals surface area contributed by atoms with E-state index in [2.05, 4.69) is 10.6 Å². The fourth-order valence-electron chi connectivity index (χ4n) is 2.09. The lowest BCUT2D eigenvalue weighted by molar-refractivity contribution is -0.118. The van der Waals surface area contributed by atoms with E-state index in [1.807, 2.05) is 0 Å². The van der Waals surface area contributed by atoms with Crippen LogP contribution in [0.25, 0.3) is 0 Å². The highest BCUT2D eigenvalue weighted by Crippen LogP contribution is 2.19. The van der Waals surface area contributed by atoms with Crippen molar-refractivity contribution < 1.29 is 13.2 Å². The van der Waals surface area contributed by atoms with Crippen molar-refractivity contribution in [3.63, 3.8) is 0 Å². The van der Waals surface area contributed by atoms with Gasteiger partial charge in [-0.25, -0.2) is 8.42 Å². The molecule has 17 heavy (non-hydrogen) atoms. The van der Waals surface area contributed by atoms with Crippen LogP contribution in [-0.2, 0) is 14.6 Å². The number of carbonyl (C=O) groups is 1. The third kappa shape index (κ3) is 3.96. The smallest absolute Gasteiger partial charge is 0.235 e. The van der Waals surface area contributed by atoms with Crippen LogP contribution in [0.15, 0.2) is 0 Å². The van der Waals surface area contributed by atoms with Crippen molar-refractivity contribution in [2.24, 2.45) is 0 Å². The number of hydrogen-bond donors (Lipinski definition) is 2. The van der Waals surface area contributed by atoms with Crippen molar-refractivity contribution in [3.05, 3.63) is 0 Å². The molecule has 2 rings (SSSR count). The molecular weight excluding hydrogens is 240 g/mol. The Bertz CT molecular complexity index is 368. The normalized spacial score (nSPS) is 26.2. The lowest BCUT2D eigenvalue weighted by atomic mass is 10.2. The van der Waals surface area contributed by atoms with E-state index < -0.39 is 15.1 Å². The lowest BCUT2D eigenvalue weighted by Gasteiger charge is -2.14. The van der Waals surface area contributed by atoms with Crippen LogP contribution < -0.4 is 10.6 Å². The summed E-state index contributed by atoms with van der Waals surface area (Å²) in [6.45, 7) is 1.36. The fourth-order valence-corrected chi connectivity index (χ4v) is 3.67. The maximum Gasteiger partial charge on any atom is 0.235 e. The Labute approximate surface area is 102 Å². The van der Waals surface area contributed by atoms with Gasteiger partial charge in [-0.05, 0) is 32.2 Å². The second-order valence-corrected chi connectivity index (χ2v) is 7.25. The second-order valence-electron chi connectivity index (χ2n) is 4.97. The topological polar surface area (TPSA) is 75.3 Å². The molecule has 1 saturated heterocycles. The van der Waals surface area contributed by atoms with Gasteiger partial charge < -0.3 is 10.6 Å². The molecule has 1 unspecified atom stereocenters. The molecule has 98 valence electrons. The first-order valence-electron chi connectivity index (χ1n) is 6.29. The summed E-state index contributed by atoms with van der Waals surface area (Å²) in [6, 6.07) is 0.227. The summed E-state index contributed by atoms with van der Waals surface area (Å²) in [4.78, 5) is 11.5. The molecule has 1 saturated carbocycles. The van der Waals surface area contributed by atoms with Gasteiger partial charge in [-0.15, -0.1) is 0 Å². The van der Waals surface area contributed by atoms with E-state index in [4.69, 9.17) is 0 Å². The minimum absolute atomic E-state index is 0.227. The van der Waals surface area contributed by atoms with Gasteiger partial charge in [-0.3, -0.25) is 4.79 Å². The maximum absolute atomic E-state index is 12.0. The zero-order chi connectivity index (χ0) is 12.3. The Morgan fingerprint density at radius 3 is 2.71 bits per heavy atom. The predicted octanol–water partition coefficient (Wildman–Crippen LogP) is -0.178. The number of carbonyl (C=O) groups excluding carboxylic acids is 1. The molecule has 5 nitrogen and oxygen atoms in total. The molecule has 2 fully saturated rings. The summed E-state index contributed by atoms with van der Waals surface area (Å²) in [7, 11) is -3.30. The third-order valence-electron chi connectivity index (χ3n) is 3.28. The molecule has 2 N–H and O–H groups in total. The average Bonchev–Trinajstić information content (AvgIpc) is 3.01. The molecule has 0 spiro atoms. The van der Waals surface area contributed by atoms with E-state index in [1.54, 1.807) is 0 Å². The standard InChI is InChI=1S/C11H20N2O3S/c14-11(13-9-4-5-9)8-17(15,16)10-3-1-2-6-12-7-10/h9-10,12H,1-8H2,(H,13,14). The van der Waals surface area contributed by atoms with Crippen LogP contribution in [0.5, 0.6) is 0 Å². The number of rotatable bonds is 4. The first-order chi connectivity index (χ1) is 8.08. The Morgan fingerprint density at radius 1 is 1.24 bits per heavy atom. The molecule has 0 aromatic carbocycles. The number of amides is 1. The quantitative estimate of drug-likeness (QED) is 0.735. The molecule has 0 aromatic rings. The molecular formula is C11H20N2O3S. The van der Waals surface area contributed by atoms with Crippen molar-refractivity contribution in [1.82, 2.24) is 10.6 Å². The van der Waals surface area contributed by atoms with E-state index in [-0.39, 0.29) is 17.7 Å². The lowest BCUT2D eigenvalue weighted by Crippen LogP contribution is -2.39. The van der Waals surface area contributed by atoms with Crippen LogP contribution >= 0.6 is 0 Å². The Balaban J connectivity index is 1.89. The largest absolute Gasteiger partial charge is 0.352 e. The van der Waals surface area contributed by atoms with Crippen LogP contribution in [0.2, 0.25) is 0 Å². The zero-order valence-corrected chi connectivity index (χ0v) is 10.8. The van der Waals surface area contributed by atoms with Crippen molar-refractivity contribution in [1.29, 1.82) is 0 Å². The van der Waals surface area contributed by atoms with Gasteiger partial charge in [0.2, 0.25) is 5.91 Å². The van der Waals surface area contributed by atoms with Crippen molar-refractivity contribution in [2.75, 3.05) is 18.8 Å². The van der Waals surface area contributed by atoms with Crippen LogP contribution in [0.4, 0.5) is 0 Å². The Kier molecular flexibility index (Phi) is 4.04. The van der Waals surface area contributed by atoms with Gasteiger partial charge in [0.1, 0.15) is 5.75 Å². The molecule has 2 aliphatic rings. The van der Waals surface area contributed by atoms with Gasteiger partial charge in [0, 0.05) is 12.6 Å². The van der Waals surface area contributed by atoms with Gasteiger partial charge in [-0.1, -0.05) is 6.42 Å². The Morgan fingerprint density at radius 2 is 2.00 bits per heavy atom. The molecule has 1 atom stereocenters. The number of sulfone groups is 1. The second kappa shape index (κ2) is 5.35. The molecule has 1 heterocycles. The van der Waals surface area contributed by atoms with Gasteiger partial charge >= 0.3 is 0 Å². The minimum Gasteiger partial charge on any atom is -0.352 e. The summed E-state index contributed by atoms with van der Waals surface area (Å²) in [5.41, 5.74) is 0. The first kappa shape index (κ1) is 12.8. The molecule has 1 aliphatic heterocycles. The number of nitrogens with one attached hydrogen (secondary N) is 2. The highest BCUT2D eigenvalue weighted by atomic mass is 32.2. The van der Waals surface area contributed by atoms with Gasteiger partial charge in [0.15, 0.2) is 9.84 Å². The van der Waals surface area contributed by atoms with Crippen LogP contribution in [0.3, 0.4) is 0 Å². The highest BCUT2D eigenvalue weighted by molar-refractivity contribution is 7.92. The fraction of sp³-hybridized carbons (Fsp3) is 0.909. The van der Waals surface area contributed by atoms with Crippen molar-refractivity contribution in [2.45, 2.75) is 43.4 Å². The Hall–Kier alpha value is -0.620. The van der Waals surface area contributed by atoms with Crippen molar-refractivity contribution in [3.8, 4) is 0 Å². The maximum atomic E-state index is 12.0. The van der Waals surface area contributed by atoms with Crippen LogP contribution in [-0.4, -0.2) is 44.5 Å². The van der Waals surface area contributed by atoms with Gasteiger partial charge in [-0.2, -0.15) is 0 Å². The monoisotopic (exact) mass is 260 g/mol. The summed E-state index contributed by atoms with van der Waals surface area (Å²) >= 11 is 0. The predicted molar refractivity (Wildman–Crippen MR) is 65.5 cm³/mol. The summed E-state index contributed by atoms with van der Waals surface area (Å²) in [5.74, 6) is -0.688. The zero-order valence-electron chi connectivity index (χ0n) is 9.94. The molecule has 0 radical (unpaired) electrons. The third-order valence-corrected chi connectivity index (χ3v) is 5.37. The molecule has 6 heteroatoms. The van der Waals surface area contributed by atoms with Crippen molar-refractivity contribution >= 4 is 15.7 Å². The molecule has 0 aromatic heterocycles. The molecule has 1 amide bonds. The number of hydrogen-bond acceptors (Lipinski definition) is 4. The summed E-state index contributed by atoms with van der Waals surface area (Å²) in [6.07, 6.45) is 4.57. The molecule has 1 aliphatic carbocycles. The van der Waals surface area contributed by atoms with E-state index in [9.17, 15) is 13.2 Å². The first-order valence-corrected chi connectivity index (χ1v) is 8.01. The highest BCUT2D eigenvalue weighted by Gasteiger charge is 2.31. The summed E-state index contributed by atoms with van der Waals surface area (Å²) in [5, 5.41) is 5.45. The minimum atomic E-state index is -3.30. The van der Waals surface area contributed by atoms with E-state index >= 15 is 0 Å². The summed E-state index contributed by atoms with van der Waals surface area (Å²) < 4.78 is 24.1. The van der Waals surface area contributed by atoms with E-state index in [0.29, 0.717) is 13.0 Å². The van der Waals surface area contributed by atoms with Crippen LogP contribution in [0.1, 0.15) is 32.1 Å². The average molecular weight is 260 g/mol. The van der Waals surface area contributed by atoms with E-state index in [1.165, 1.54) is 0 Å². The van der Waals surface area contributed by atoms with Gasteiger partial charge in [0.05, 0.1) is 5.25 Å². The van der Waals surface area contributed by atoms with E-state index in [0.717, 1.165) is 32.2 Å². The van der Waals surface area contributed by atoms with Crippen LogP contribution in [0, 0.1) is 0 Å². The molecule has 0 bridgehead atoms.